The minimum Gasteiger partial charge on any atom is -0.481 e. The molecule has 3 aromatic rings. The first kappa shape index (κ1) is 13.1. The van der Waals surface area contributed by atoms with Gasteiger partial charge in [0.1, 0.15) is 11.0 Å². The molecule has 20 heavy (non-hydrogen) atoms. The lowest BCUT2D eigenvalue weighted by Crippen LogP contribution is -2.01. The number of nitrogens with one attached hydrogen (secondary N) is 1. The molecule has 0 aliphatic rings. The van der Waals surface area contributed by atoms with Crippen LogP contribution in [0.15, 0.2) is 30.5 Å². The van der Waals surface area contributed by atoms with Gasteiger partial charge in [-0.25, -0.2) is 4.98 Å². The molecule has 0 unspecified atom stereocenters. The number of anilines is 1. The molecule has 0 amide bonds. The summed E-state index contributed by atoms with van der Waals surface area (Å²) in [5.41, 5.74) is 3.47. The molecular formula is C13H11ClN4OS. The maximum Gasteiger partial charge on any atom is 0.212 e. The Balaban J connectivity index is 1.82. The third-order valence-electron chi connectivity index (χ3n) is 2.85. The van der Waals surface area contributed by atoms with Gasteiger partial charge in [0.15, 0.2) is 0 Å². The van der Waals surface area contributed by atoms with Crippen LogP contribution in [0.25, 0.3) is 11.0 Å². The van der Waals surface area contributed by atoms with Crippen LogP contribution in [0.4, 0.5) is 5.69 Å². The van der Waals surface area contributed by atoms with Gasteiger partial charge < -0.3 is 10.1 Å². The molecule has 0 bridgehead atoms. The standard InChI is InChI=1S/C13H11ClN4OS/c1-19-11-5-2-8(6-15-11)7-16-12-9(14)3-4-10-13(12)18-20-17-10/h2-6,16H,7H2,1H3. The first-order chi connectivity index (χ1) is 9.78. The second-order valence-corrected chi connectivity index (χ2v) is 5.05. The van der Waals surface area contributed by atoms with Gasteiger partial charge in [-0.1, -0.05) is 17.7 Å². The topological polar surface area (TPSA) is 59.9 Å². The zero-order valence-electron chi connectivity index (χ0n) is 10.6. The predicted molar refractivity (Wildman–Crippen MR) is 80.5 cm³/mol. The van der Waals surface area contributed by atoms with Crippen molar-refractivity contribution in [1.82, 2.24) is 13.7 Å². The van der Waals surface area contributed by atoms with E-state index < -0.39 is 0 Å². The van der Waals surface area contributed by atoms with Gasteiger partial charge in [-0.15, -0.1) is 0 Å². The van der Waals surface area contributed by atoms with Gasteiger partial charge in [0.2, 0.25) is 5.88 Å². The Kier molecular flexibility index (Phi) is 3.66. The van der Waals surface area contributed by atoms with Crippen molar-refractivity contribution in [3.05, 3.63) is 41.0 Å². The van der Waals surface area contributed by atoms with Gasteiger partial charge in [-0.2, -0.15) is 8.75 Å². The number of fused-ring (bicyclic) bond motifs is 1. The van der Waals surface area contributed by atoms with E-state index in [0.29, 0.717) is 17.4 Å². The summed E-state index contributed by atoms with van der Waals surface area (Å²) in [5.74, 6) is 0.595. The monoisotopic (exact) mass is 306 g/mol. The van der Waals surface area contributed by atoms with E-state index in [4.69, 9.17) is 16.3 Å². The third kappa shape index (κ3) is 2.52. The van der Waals surface area contributed by atoms with Crippen molar-refractivity contribution >= 4 is 40.0 Å². The average Bonchev–Trinajstić information content (AvgIpc) is 2.95. The van der Waals surface area contributed by atoms with Crippen molar-refractivity contribution in [2.24, 2.45) is 0 Å². The Labute approximate surface area is 124 Å². The molecule has 0 spiro atoms. The molecule has 0 aliphatic carbocycles. The number of hydrogen-bond acceptors (Lipinski definition) is 6. The highest BCUT2D eigenvalue weighted by Gasteiger charge is 2.09. The quantitative estimate of drug-likeness (QED) is 0.801. The van der Waals surface area contributed by atoms with Gasteiger partial charge in [-0.3, -0.25) is 0 Å². The predicted octanol–water partition coefficient (Wildman–Crippen LogP) is 3.36. The summed E-state index contributed by atoms with van der Waals surface area (Å²) >= 11 is 7.39. The fraction of sp³-hybridized carbons (Fsp3) is 0.154. The Morgan fingerprint density at radius 3 is 2.90 bits per heavy atom. The summed E-state index contributed by atoms with van der Waals surface area (Å²) in [5, 5.41) is 3.92. The van der Waals surface area contributed by atoms with E-state index in [9.17, 15) is 0 Å². The first-order valence-corrected chi connectivity index (χ1v) is 7.02. The number of rotatable bonds is 4. The van der Waals surface area contributed by atoms with Crippen LogP contribution >= 0.6 is 23.3 Å². The van der Waals surface area contributed by atoms with Crippen LogP contribution < -0.4 is 10.1 Å². The normalized spacial score (nSPS) is 10.7. The summed E-state index contributed by atoms with van der Waals surface area (Å²) in [6.07, 6.45) is 1.76. The zero-order valence-corrected chi connectivity index (χ0v) is 12.2. The van der Waals surface area contributed by atoms with E-state index in [2.05, 4.69) is 19.0 Å². The Morgan fingerprint density at radius 2 is 2.15 bits per heavy atom. The van der Waals surface area contributed by atoms with E-state index in [1.54, 1.807) is 13.3 Å². The molecule has 0 aliphatic heterocycles. The zero-order chi connectivity index (χ0) is 13.9. The number of benzene rings is 1. The lowest BCUT2D eigenvalue weighted by Gasteiger charge is -2.09. The van der Waals surface area contributed by atoms with Crippen LogP contribution in [0.5, 0.6) is 5.88 Å². The molecule has 0 saturated heterocycles. The first-order valence-electron chi connectivity index (χ1n) is 5.91. The van der Waals surface area contributed by atoms with Crippen LogP contribution in [0, 0.1) is 0 Å². The number of hydrogen-bond donors (Lipinski definition) is 1. The number of methoxy groups -OCH3 is 1. The molecule has 5 nitrogen and oxygen atoms in total. The molecule has 0 saturated carbocycles. The maximum atomic E-state index is 6.21. The molecule has 7 heteroatoms. The molecule has 2 heterocycles. The van der Waals surface area contributed by atoms with Crippen LogP contribution in [-0.4, -0.2) is 20.8 Å². The number of nitrogens with zero attached hydrogens (tertiary/aromatic N) is 3. The smallest absolute Gasteiger partial charge is 0.212 e. The highest BCUT2D eigenvalue weighted by Crippen LogP contribution is 2.30. The number of pyridine rings is 1. The van der Waals surface area contributed by atoms with Gasteiger partial charge in [0, 0.05) is 18.8 Å². The van der Waals surface area contributed by atoms with Crippen LogP contribution in [0.2, 0.25) is 5.02 Å². The van der Waals surface area contributed by atoms with Gasteiger partial charge in [-0.05, 0) is 17.7 Å². The van der Waals surface area contributed by atoms with Gasteiger partial charge in [0.05, 0.1) is 29.5 Å². The highest BCUT2D eigenvalue weighted by molar-refractivity contribution is 7.00. The second-order valence-electron chi connectivity index (χ2n) is 4.12. The van der Waals surface area contributed by atoms with Crippen molar-refractivity contribution in [1.29, 1.82) is 0 Å². The van der Waals surface area contributed by atoms with Gasteiger partial charge >= 0.3 is 0 Å². The molecule has 1 N–H and O–H groups in total. The second kappa shape index (κ2) is 5.60. The third-order valence-corrected chi connectivity index (χ3v) is 3.71. The van der Waals surface area contributed by atoms with E-state index in [1.807, 2.05) is 24.3 Å². The Bertz CT molecular complexity index is 729. The van der Waals surface area contributed by atoms with E-state index in [1.165, 1.54) is 11.7 Å². The minimum absolute atomic E-state index is 0.595. The average molecular weight is 307 g/mol. The Morgan fingerprint density at radius 1 is 1.25 bits per heavy atom. The summed E-state index contributed by atoms with van der Waals surface area (Å²) in [6.45, 7) is 0.605. The SMILES string of the molecule is COc1ccc(CNc2c(Cl)ccc3nsnc23)cn1. The van der Waals surface area contributed by atoms with Crippen molar-refractivity contribution in [3.63, 3.8) is 0 Å². The van der Waals surface area contributed by atoms with Crippen LogP contribution in [0.1, 0.15) is 5.56 Å². The van der Waals surface area contributed by atoms with Crippen molar-refractivity contribution in [3.8, 4) is 5.88 Å². The summed E-state index contributed by atoms with van der Waals surface area (Å²) in [7, 11) is 1.59. The fourth-order valence-corrected chi connectivity index (χ4v) is 2.58. The van der Waals surface area contributed by atoms with E-state index in [0.717, 1.165) is 22.3 Å². The summed E-state index contributed by atoms with van der Waals surface area (Å²) in [6, 6.07) is 7.46. The lowest BCUT2D eigenvalue weighted by molar-refractivity contribution is 0.397. The van der Waals surface area contributed by atoms with Crippen LogP contribution in [0.3, 0.4) is 0 Å². The molecular weight excluding hydrogens is 296 g/mol. The molecule has 102 valence electrons. The van der Waals surface area contributed by atoms with E-state index >= 15 is 0 Å². The number of halogens is 1. The highest BCUT2D eigenvalue weighted by atomic mass is 35.5. The summed E-state index contributed by atoms with van der Waals surface area (Å²) in [4.78, 5) is 4.16. The maximum absolute atomic E-state index is 6.21. The van der Waals surface area contributed by atoms with Crippen molar-refractivity contribution in [2.75, 3.05) is 12.4 Å². The van der Waals surface area contributed by atoms with Crippen molar-refractivity contribution in [2.45, 2.75) is 6.54 Å². The van der Waals surface area contributed by atoms with Gasteiger partial charge in [0.25, 0.3) is 0 Å². The molecule has 3 rings (SSSR count). The largest absolute Gasteiger partial charge is 0.481 e. The fourth-order valence-electron chi connectivity index (χ4n) is 1.82. The molecule has 0 atom stereocenters. The lowest BCUT2D eigenvalue weighted by atomic mass is 10.2. The summed E-state index contributed by atoms with van der Waals surface area (Å²) < 4.78 is 13.5. The van der Waals surface area contributed by atoms with Crippen molar-refractivity contribution < 1.29 is 4.74 Å². The Hall–Kier alpha value is -1.92. The molecule has 0 fully saturated rings. The number of ether oxygens (including phenoxy) is 1. The molecule has 0 radical (unpaired) electrons. The molecule has 1 aromatic carbocycles. The van der Waals surface area contributed by atoms with E-state index in [-0.39, 0.29) is 0 Å². The molecule has 2 aromatic heterocycles. The number of aromatic nitrogens is 3. The van der Waals surface area contributed by atoms with Crippen LogP contribution in [-0.2, 0) is 6.54 Å². The minimum atomic E-state index is 0.595.